The molecule has 134 valence electrons. The zero-order chi connectivity index (χ0) is 18.5. The van der Waals surface area contributed by atoms with Gasteiger partial charge in [0, 0.05) is 35.6 Å². The van der Waals surface area contributed by atoms with Crippen molar-refractivity contribution in [1.29, 1.82) is 0 Å². The minimum atomic E-state index is 0.0848. The number of rotatable bonds is 6. The summed E-state index contributed by atoms with van der Waals surface area (Å²) in [4.78, 5) is 18.4. The van der Waals surface area contributed by atoms with Gasteiger partial charge >= 0.3 is 0 Å². The molecule has 3 aromatic rings. The maximum Gasteiger partial charge on any atom is 0.226 e. The van der Waals surface area contributed by atoms with Crippen LogP contribution in [0, 0.1) is 6.92 Å². The Hall–Kier alpha value is -2.40. The first-order chi connectivity index (χ1) is 12.5. The van der Waals surface area contributed by atoms with Crippen molar-refractivity contribution >= 4 is 27.5 Å². The Morgan fingerprint density at radius 1 is 1.19 bits per heavy atom. The van der Waals surface area contributed by atoms with Gasteiger partial charge in [-0.15, -0.1) is 0 Å². The summed E-state index contributed by atoms with van der Waals surface area (Å²) in [5, 5.41) is 0. The molecule has 0 saturated heterocycles. The van der Waals surface area contributed by atoms with Crippen LogP contribution < -0.4 is 4.90 Å². The number of hydrogen-bond acceptors (Lipinski definition) is 3. The van der Waals surface area contributed by atoms with Crippen molar-refractivity contribution in [2.45, 2.75) is 26.2 Å². The van der Waals surface area contributed by atoms with Gasteiger partial charge in [-0.1, -0.05) is 46.3 Å². The SMILES string of the molecule is Cc1cc(N(C)C(=O)CCCc2ncc(-c3ccccc3)o2)ccc1Br. The van der Waals surface area contributed by atoms with Gasteiger partial charge in [0.15, 0.2) is 11.7 Å². The summed E-state index contributed by atoms with van der Waals surface area (Å²) in [6, 6.07) is 15.8. The maximum absolute atomic E-state index is 12.4. The first-order valence-electron chi connectivity index (χ1n) is 8.57. The van der Waals surface area contributed by atoms with E-state index in [1.54, 1.807) is 11.1 Å². The van der Waals surface area contributed by atoms with Gasteiger partial charge < -0.3 is 9.32 Å². The third-order valence-corrected chi connectivity index (χ3v) is 5.19. The minimum Gasteiger partial charge on any atom is -0.441 e. The summed E-state index contributed by atoms with van der Waals surface area (Å²) in [5.41, 5.74) is 3.02. The van der Waals surface area contributed by atoms with Gasteiger partial charge in [-0.2, -0.15) is 0 Å². The van der Waals surface area contributed by atoms with Crippen molar-refractivity contribution in [1.82, 2.24) is 4.98 Å². The third-order valence-electron chi connectivity index (χ3n) is 4.30. The van der Waals surface area contributed by atoms with Crippen molar-refractivity contribution in [2.75, 3.05) is 11.9 Å². The monoisotopic (exact) mass is 412 g/mol. The number of aryl methyl sites for hydroxylation is 2. The maximum atomic E-state index is 12.4. The molecule has 3 rings (SSSR count). The molecular formula is C21H21BrN2O2. The van der Waals surface area contributed by atoms with E-state index in [0.29, 0.717) is 25.2 Å². The molecule has 0 N–H and O–H groups in total. The second-order valence-electron chi connectivity index (χ2n) is 6.22. The van der Waals surface area contributed by atoms with E-state index in [2.05, 4.69) is 20.9 Å². The largest absolute Gasteiger partial charge is 0.441 e. The van der Waals surface area contributed by atoms with E-state index in [1.807, 2.05) is 62.5 Å². The number of hydrogen-bond donors (Lipinski definition) is 0. The molecule has 1 amide bonds. The first-order valence-corrected chi connectivity index (χ1v) is 9.37. The molecule has 0 aliphatic carbocycles. The normalized spacial score (nSPS) is 10.7. The zero-order valence-corrected chi connectivity index (χ0v) is 16.5. The van der Waals surface area contributed by atoms with Crippen molar-refractivity contribution in [3.63, 3.8) is 0 Å². The van der Waals surface area contributed by atoms with Crippen LogP contribution in [0.2, 0.25) is 0 Å². The number of nitrogens with zero attached hydrogens (tertiary/aromatic N) is 2. The molecule has 0 aliphatic rings. The molecular weight excluding hydrogens is 392 g/mol. The van der Waals surface area contributed by atoms with Crippen LogP contribution in [0.3, 0.4) is 0 Å². The van der Waals surface area contributed by atoms with E-state index in [-0.39, 0.29) is 5.91 Å². The van der Waals surface area contributed by atoms with Crippen LogP contribution in [0.5, 0.6) is 0 Å². The van der Waals surface area contributed by atoms with Gasteiger partial charge in [0.2, 0.25) is 5.91 Å². The van der Waals surface area contributed by atoms with Gasteiger partial charge in [-0.3, -0.25) is 4.79 Å². The molecule has 0 radical (unpaired) electrons. The van der Waals surface area contributed by atoms with E-state index in [4.69, 9.17) is 4.42 Å². The predicted octanol–water partition coefficient (Wildman–Crippen LogP) is 5.40. The molecule has 1 aromatic heterocycles. The van der Waals surface area contributed by atoms with Crippen molar-refractivity contribution in [3.05, 3.63) is 70.7 Å². The fourth-order valence-corrected chi connectivity index (χ4v) is 2.95. The molecule has 4 nitrogen and oxygen atoms in total. The average Bonchev–Trinajstić information content (AvgIpc) is 3.13. The molecule has 5 heteroatoms. The minimum absolute atomic E-state index is 0.0848. The van der Waals surface area contributed by atoms with Crippen LogP contribution in [0.15, 0.2) is 63.6 Å². The molecule has 0 saturated carbocycles. The standard InChI is InChI=1S/C21H21BrN2O2/c1-15-13-17(11-12-18(15)22)24(2)21(25)10-6-9-20-23-14-19(26-20)16-7-4-3-5-8-16/h3-5,7-8,11-14H,6,9-10H2,1-2H3. The third kappa shape index (κ3) is 4.41. The zero-order valence-electron chi connectivity index (χ0n) is 14.9. The lowest BCUT2D eigenvalue weighted by molar-refractivity contribution is -0.118. The van der Waals surface area contributed by atoms with Crippen LogP contribution >= 0.6 is 15.9 Å². The van der Waals surface area contributed by atoms with E-state index in [0.717, 1.165) is 27.0 Å². The summed E-state index contributed by atoms with van der Waals surface area (Å²) < 4.78 is 6.83. The van der Waals surface area contributed by atoms with Gasteiger partial charge in [0.05, 0.1) is 6.20 Å². The van der Waals surface area contributed by atoms with Gasteiger partial charge in [-0.05, 0) is 37.1 Å². The summed E-state index contributed by atoms with van der Waals surface area (Å²) in [6.45, 7) is 2.01. The van der Waals surface area contributed by atoms with Crippen LogP contribution in [-0.4, -0.2) is 17.9 Å². The van der Waals surface area contributed by atoms with Crippen molar-refractivity contribution < 1.29 is 9.21 Å². The molecule has 0 unspecified atom stereocenters. The number of amides is 1. The number of halogens is 1. The Morgan fingerprint density at radius 2 is 1.96 bits per heavy atom. The van der Waals surface area contributed by atoms with E-state index >= 15 is 0 Å². The summed E-state index contributed by atoms with van der Waals surface area (Å²) >= 11 is 3.48. The molecule has 2 aromatic carbocycles. The molecule has 0 fully saturated rings. The van der Waals surface area contributed by atoms with Gasteiger partial charge in [0.25, 0.3) is 0 Å². The fourth-order valence-electron chi connectivity index (χ4n) is 2.70. The van der Waals surface area contributed by atoms with Crippen LogP contribution in [0.25, 0.3) is 11.3 Å². The van der Waals surface area contributed by atoms with E-state index in [1.165, 1.54) is 0 Å². The van der Waals surface area contributed by atoms with E-state index < -0.39 is 0 Å². The van der Waals surface area contributed by atoms with Gasteiger partial charge in [0.1, 0.15) is 0 Å². The lowest BCUT2D eigenvalue weighted by Crippen LogP contribution is -2.26. The lowest BCUT2D eigenvalue weighted by Gasteiger charge is -2.18. The highest BCUT2D eigenvalue weighted by Crippen LogP contribution is 2.23. The highest BCUT2D eigenvalue weighted by molar-refractivity contribution is 9.10. The first kappa shape index (κ1) is 18.4. The van der Waals surface area contributed by atoms with Gasteiger partial charge in [-0.25, -0.2) is 4.98 Å². The Bertz CT molecular complexity index is 890. The Balaban J connectivity index is 1.53. The van der Waals surface area contributed by atoms with Crippen LogP contribution in [-0.2, 0) is 11.2 Å². The molecule has 0 atom stereocenters. The second-order valence-corrected chi connectivity index (χ2v) is 7.08. The van der Waals surface area contributed by atoms with E-state index in [9.17, 15) is 4.79 Å². The molecule has 1 heterocycles. The summed E-state index contributed by atoms with van der Waals surface area (Å²) in [7, 11) is 1.81. The number of carbonyl (C=O) groups is 1. The van der Waals surface area contributed by atoms with Crippen LogP contribution in [0.1, 0.15) is 24.3 Å². The van der Waals surface area contributed by atoms with Crippen LogP contribution in [0.4, 0.5) is 5.69 Å². The Morgan fingerprint density at radius 3 is 2.69 bits per heavy atom. The Labute approximate surface area is 162 Å². The van der Waals surface area contributed by atoms with Crippen molar-refractivity contribution in [2.24, 2.45) is 0 Å². The summed E-state index contributed by atoms with van der Waals surface area (Å²) in [5.74, 6) is 1.51. The molecule has 0 spiro atoms. The fraction of sp³-hybridized carbons (Fsp3) is 0.238. The second kappa shape index (κ2) is 8.32. The lowest BCUT2D eigenvalue weighted by atomic mass is 10.2. The highest BCUT2D eigenvalue weighted by Gasteiger charge is 2.13. The average molecular weight is 413 g/mol. The number of oxazole rings is 1. The number of aromatic nitrogens is 1. The quantitative estimate of drug-likeness (QED) is 0.544. The molecule has 26 heavy (non-hydrogen) atoms. The smallest absolute Gasteiger partial charge is 0.226 e. The predicted molar refractivity (Wildman–Crippen MR) is 107 cm³/mol. The number of anilines is 1. The molecule has 0 bridgehead atoms. The highest BCUT2D eigenvalue weighted by atomic mass is 79.9. The molecule has 0 aliphatic heterocycles. The van der Waals surface area contributed by atoms with Crippen molar-refractivity contribution in [3.8, 4) is 11.3 Å². The summed E-state index contributed by atoms with van der Waals surface area (Å²) in [6.07, 6.45) is 3.54. The topological polar surface area (TPSA) is 46.3 Å². The number of benzene rings is 2. The Kier molecular flexibility index (Phi) is 5.89. The number of carbonyl (C=O) groups excluding carboxylic acids is 1.